The molecule has 180 valence electrons. The summed E-state index contributed by atoms with van der Waals surface area (Å²) in [4.78, 5) is 11.1. The third kappa shape index (κ3) is 5.74. The first-order chi connectivity index (χ1) is 16.7. The van der Waals surface area contributed by atoms with E-state index in [1.165, 1.54) is 44.0 Å². The lowest BCUT2D eigenvalue weighted by atomic mass is 9.86. The maximum absolute atomic E-state index is 6.24. The third-order valence-electron chi connectivity index (χ3n) is 6.83. The van der Waals surface area contributed by atoms with Crippen LogP contribution in [0, 0.1) is 5.41 Å². The largest absolute Gasteiger partial charge is 0.345 e. The van der Waals surface area contributed by atoms with Crippen LogP contribution in [0.1, 0.15) is 38.3 Å². The van der Waals surface area contributed by atoms with Gasteiger partial charge in [-0.3, -0.25) is 0 Å². The molecule has 3 aromatic rings. The standard InChI is InChI=1S/C28H35N3O2S/c1-28(14-8-9-15-31-16-18-34-19-17-31)20-32-27(33-21-28)26-29-24(22-10-4-2-5-11-22)25(30-26)23-12-6-3-7-13-23/h2-7,10-13,27H,8-9,14-21H2,1H3,(H,29,30). The molecule has 0 amide bonds. The molecule has 2 aliphatic rings. The highest BCUT2D eigenvalue weighted by atomic mass is 32.2. The van der Waals surface area contributed by atoms with E-state index in [2.05, 4.69) is 52.8 Å². The van der Waals surface area contributed by atoms with Gasteiger partial charge in [-0.05, 0) is 19.4 Å². The normalized spacial score (nSPS) is 23.7. The van der Waals surface area contributed by atoms with Crippen molar-refractivity contribution in [3.05, 3.63) is 66.5 Å². The van der Waals surface area contributed by atoms with Crippen molar-refractivity contribution < 1.29 is 9.47 Å². The van der Waals surface area contributed by atoms with E-state index < -0.39 is 6.29 Å². The summed E-state index contributed by atoms with van der Waals surface area (Å²) in [6, 6.07) is 20.6. The number of rotatable bonds is 8. The molecule has 2 aliphatic heterocycles. The fourth-order valence-electron chi connectivity index (χ4n) is 4.78. The Hall–Kier alpha value is -2.12. The smallest absolute Gasteiger partial charge is 0.217 e. The molecule has 0 radical (unpaired) electrons. The van der Waals surface area contributed by atoms with Gasteiger partial charge < -0.3 is 19.4 Å². The molecular formula is C28H35N3O2S. The molecule has 6 heteroatoms. The van der Waals surface area contributed by atoms with Gasteiger partial charge in [0.1, 0.15) is 0 Å². The van der Waals surface area contributed by atoms with Crippen molar-refractivity contribution in [3.8, 4) is 22.5 Å². The summed E-state index contributed by atoms with van der Waals surface area (Å²) in [5.41, 5.74) is 4.17. The Morgan fingerprint density at radius 2 is 1.59 bits per heavy atom. The molecule has 1 N–H and O–H groups in total. The first-order valence-electron chi connectivity index (χ1n) is 12.4. The van der Waals surface area contributed by atoms with Gasteiger partial charge >= 0.3 is 0 Å². The van der Waals surface area contributed by atoms with Gasteiger partial charge in [0.05, 0.1) is 24.6 Å². The lowest BCUT2D eigenvalue weighted by Gasteiger charge is -2.37. The number of nitrogens with zero attached hydrogens (tertiary/aromatic N) is 2. The summed E-state index contributed by atoms with van der Waals surface area (Å²) in [7, 11) is 0. The van der Waals surface area contributed by atoms with Gasteiger partial charge in [0.25, 0.3) is 0 Å². The highest BCUT2D eigenvalue weighted by Gasteiger charge is 2.34. The highest BCUT2D eigenvalue weighted by Crippen LogP contribution is 2.37. The Morgan fingerprint density at radius 1 is 0.941 bits per heavy atom. The van der Waals surface area contributed by atoms with Gasteiger partial charge in [-0.25, -0.2) is 4.98 Å². The molecule has 2 aromatic carbocycles. The van der Waals surface area contributed by atoms with Gasteiger partial charge in [-0.15, -0.1) is 0 Å². The maximum Gasteiger partial charge on any atom is 0.217 e. The second-order valence-electron chi connectivity index (χ2n) is 9.75. The lowest BCUT2D eigenvalue weighted by molar-refractivity contribution is -0.235. The number of unbranched alkanes of at least 4 members (excludes halogenated alkanes) is 1. The first kappa shape index (κ1) is 23.6. The molecule has 2 saturated heterocycles. The van der Waals surface area contributed by atoms with Gasteiger partial charge in [0.2, 0.25) is 6.29 Å². The van der Waals surface area contributed by atoms with Crippen molar-refractivity contribution in [1.29, 1.82) is 0 Å². The van der Waals surface area contributed by atoms with E-state index in [0.717, 1.165) is 34.8 Å². The van der Waals surface area contributed by atoms with Crippen LogP contribution in [0.2, 0.25) is 0 Å². The maximum atomic E-state index is 6.24. The number of hydrogen-bond acceptors (Lipinski definition) is 5. The number of ether oxygens (including phenoxy) is 2. The number of aromatic nitrogens is 2. The van der Waals surface area contributed by atoms with Crippen molar-refractivity contribution in [2.24, 2.45) is 5.41 Å². The minimum absolute atomic E-state index is 0.0609. The molecule has 3 heterocycles. The number of hydrogen-bond donors (Lipinski definition) is 1. The van der Waals surface area contributed by atoms with Gasteiger partial charge in [0.15, 0.2) is 5.82 Å². The van der Waals surface area contributed by atoms with Crippen molar-refractivity contribution in [2.75, 3.05) is 44.4 Å². The van der Waals surface area contributed by atoms with Crippen LogP contribution < -0.4 is 0 Å². The van der Waals surface area contributed by atoms with Crippen LogP contribution in [0.15, 0.2) is 60.7 Å². The van der Waals surface area contributed by atoms with Crippen molar-refractivity contribution in [1.82, 2.24) is 14.9 Å². The zero-order chi connectivity index (χ0) is 23.2. The lowest BCUT2D eigenvalue weighted by Crippen LogP contribution is -2.37. The van der Waals surface area contributed by atoms with Crippen molar-refractivity contribution in [3.63, 3.8) is 0 Å². The summed E-state index contributed by atoms with van der Waals surface area (Å²) in [6.45, 7) is 7.38. The molecule has 0 aliphatic carbocycles. The molecule has 2 fully saturated rings. The molecule has 0 saturated carbocycles. The van der Waals surface area contributed by atoms with Crippen molar-refractivity contribution in [2.45, 2.75) is 32.5 Å². The summed E-state index contributed by atoms with van der Waals surface area (Å²) in [5, 5.41) is 0. The van der Waals surface area contributed by atoms with Crippen LogP contribution in [0.3, 0.4) is 0 Å². The molecule has 0 spiro atoms. The first-order valence-corrected chi connectivity index (χ1v) is 13.6. The predicted molar refractivity (Wildman–Crippen MR) is 140 cm³/mol. The number of aromatic amines is 1. The number of thioether (sulfide) groups is 1. The van der Waals surface area contributed by atoms with Crippen molar-refractivity contribution >= 4 is 11.8 Å². The Balaban J connectivity index is 1.22. The molecule has 5 rings (SSSR count). The Kier molecular flexibility index (Phi) is 7.70. The molecule has 0 atom stereocenters. The van der Waals surface area contributed by atoms with Crippen LogP contribution >= 0.6 is 11.8 Å². The summed E-state index contributed by atoms with van der Waals surface area (Å²) in [6.07, 6.45) is 3.14. The van der Waals surface area contributed by atoms with Crippen LogP contribution in [-0.2, 0) is 9.47 Å². The van der Waals surface area contributed by atoms with Crippen LogP contribution in [0.4, 0.5) is 0 Å². The average molecular weight is 478 g/mol. The zero-order valence-corrected chi connectivity index (χ0v) is 20.9. The summed E-state index contributed by atoms with van der Waals surface area (Å²) < 4.78 is 12.5. The van der Waals surface area contributed by atoms with E-state index in [-0.39, 0.29) is 5.41 Å². The molecule has 1 aromatic heterocycles. The van der Waals surface area contributed by atoms with Gasteiger partial charge in [0, 0.05) is 41.1 Å². The number of benzene rings is 2. The van der Waals surface area contributed by atoms with E-state index in [4.69, 9.17) is 14.5 Å². The third-order valence-corrected chi connectivity index (χ3v) is 7.77. The van der Waals surface area contributed by atoms with Crippen LogP contribution in [-0.4, -0.2) is 59.2 Å². The van der Waals surface area contributed by atoms with E-state index in [9.17, 15) is 0 Å². The second-order valence-corrected chi connectivity index (χ2v) is 11.0. The summed E-state index contributed by atoms with van der Waals surface area (Å²) in [5.74, 6) is 3.31. The van der Waals surface area contributed by atoms with E-state index in [1.54, 1.807) is 0 Å². The molecule has 34 heavy (non-hydrogen) atoms. The fourth-order valence-corrected chi connectivity index (χ4v) is 5.76. The Bertz CT molecular complexity index is 969. The molecule has 0 unspecified atom stereocenters. The van der Waals surface area contributed by atoms with E-state index in [1.807, 2.05) is 36.4 Å². The molecule has 0 bridgehead atoms. The monoisotopic (exact) mass is 477 g/mol. The number of H-pyrrole nitrogens is 1. The van der Waals surface area contributed by atoms with Crippen LogP contribution in [0.25, 0.3) is 22.5 Å². The highest BCUT2D eigenvalue weighted by molar-refractivity contribution is 7.99. The Labute approximate surface area is 207 Å². The minimum Gasteiger partial charge on any atom is -0.345 e. The fraction of sp³-hybridized carbons (Fsp3) is 0.464. The Morgan fingerprint density at radius 3 is 2.26 bits per heavy atom. The minimum atomic E-state index is -0.459. The molecule has 5 nitrogen and oxygen atoms in total. The number of nitrogens with one attached hydrogen (secondary N) is 1. The topological polar surface area (TPSA) is 50.4 Å². The zero-order valence-electron chi connectivity index (χ0n) is 20.0. The van der Waals surface area contributed by atoms with E-state index >= 15 is 0 Å². The van der Waals surface area contributed by atoms with Gasteiger partial charge in [-0.2, -0.15) is 11.8 Å². The van der Waals surface area contributed by atoms with E-state index in [0.29, 0.717) is 13.2 Å². The predicted octanol–water partition coefficient (Wildman–Crippen LogP) is 6.01. The van der Waals surface area contributed by atoms with Gasteiger partial charge in [-0.1, -0.05) is 74.0 Å². The SMILES string of the molecule is CC1(CCCCN2CCSCC2)COC(c2nc(-c3ccccc3)c(-c3ccccc3)[nH]2)OC1. The average Bonchev–Trinajstić information content (AvgIpc) is 3.34. The summed E-state index contributed by atoms with van der Waals surface area (Å²) >= 11 is 2.08. The molecular weight excluding hydrogens is 442 g/mol. The number of imidazole rings is 1. The second kappa shape index (κ2) is 11.1. The quantitative estimate of drug-likeness (QED) is 0.402. The van der Waals surface area contributed by atoms with Crippen LogP contribution in [0.5, 0.6) is 0 Å².